The molecule has 37 heavy (non-hydrogen) atoms. The average molecular weight is 529 g/mol. The molecule has 1 aromatic carbocycles. The van der Waals surface area contributed by atoms with Gasteiger partial charge in [-0.05, 0) is 19.4 Å². The predicted molar refractivity (Wildman–Crippen MR) is 130 cm³/mol. The minimum Gasteiger partial charge on any atom is -0.355 e. The Labute approximate surface area is 214 Å². The summed E-state index contributed by atoms with van der Waals surface area (Å²) in [6, 6.07) is 1.79. The van der Waals surface area contributed by atoms with Gasteiger partial charge in [0.15, 0.2) is 5.82 Å². The normalized spacial score (nSPS) is 13.9. The summed E-state index contributed by atoms with van der Waals surface area (Å²) in [5.74, 6) is -0.916. The van der Waals surface area contributed by atoms with Crippen LogP contribution in [0, 0.1) is 5.82 Å². The van der Waals surface area contributed by atoms with Crippen molar-refractivity contribution >= 4 is 29.0 Å². The van der Waals surface area contributed by atoms with Gasteiger partial charge in [-0.3, -0.25) is 19.4 Å². The number of anilines is 2. The van der Waals surface area contributed by atoms with Gasteiger partial charge in [-0.25, -0.2) is 23.1 Å². The van der Waals surface area contributed by atoms with Crippen molar-refractivity contribution < 1.29 is 18.0 Å². The molecule has 4 heterocycles. The van der Waals surface area contributed by atoms with Crippen molar-refractivity contribution in [3.63, 3.8) is 0 Å². The Balaban J connectivity index is 1.32. The minimum atomic E-state index is -2.98. The molecule has 5 rings (SSSR count). The summed E-state index contributed by atoms with van der Waals surface area (Å²) in [7, 11) is 0. The van der Waals surface area contributed by atoms with E-state index in [9.17, 15) is 18.0 Å². The molecule has 0 bridgehead atoms. The van der Waals surface area contributed by atoms with Gasteiger partial charge in [0, 0.05) is 30.4 Å². The summed E-state index contributed by atoms with van der Waals surface area (Å²) in [5.41, 5.74) is -0.506. The van der Waals surface area contributed by atoms with Crippen LogP contribution in [0.1, 0.15) is 47.6 Å². The number of nitrogens with zero attached hydrogens (tertiary/aromatic N) is 7. The van der Waals surface area contributed by atoms with E-state index in [4.69, 9.17) is 11.6 Å². The summed E-state index contributed by atoms with van der Waals surface area (Å²) >= 11 is 5.79. The molecule has 190 valence electrons. The molecular formula is C24H20ClF3N8O. The van der Waals surface area contributed by atoms with Crippen molar-refractivity contribution in [2.75, 3.05) is 23.3 Å². The Morgan fingerprint density at radius 2 is 1.92 bits per heavy atom. The van der Waals surface area contributed by atoms with Crippen LogP contribution in [-0.2, 0) is 0 Å². The number of benzene rings is 1. The Hall–Kier alpha value is -4.06. The van der Waals surface area contributed by atoms with Crippen LogP contribution in [0.4, 0.5) is 24.7 Å². The van der Waals surface area contributed by atoms with Crippen LogP contribution < -0.4 is 10.2 Å². The SMILES string of the molecule is C[C@H](c1cnc(N2CCC2)cn1)n1cc(NC(=O)c2cncc(-c3c(C(F)F)ccc(Cl)c3F)n2)cn1. The number of nitrogens with one attached hydrogen (secondary N) is 1. The Kier molecular flexibility index (Phi) is 6.74. The van der Waals surface area contributed by atoms with Gasteiger partial charge in [0.05, 0.1) is 59.1 Å². The lowest BCUT2D eigenvalue weighted by molar-refractivity contribution is 0.102. The zero-order chi connectivity index (χ0) is 26.1. The smallest absolute Gasteiger partial charge is 0.275 e. The molecule has 13 heteroatoms. The fraction of sp³-hybridized carbons (Fsp3) is 0.250. The highest BCUT2D eigenvalue weighted by Crippen LogP contribution is 2.35. The molecule has 1 fully saturated rings. The highest BCUT2D eigenvalue weighted by molar-refractivity contribution is 6.31. The van der Waals surface area contributed by atoms with E-state index in [1.807, 2.05) is 6.92 Å². The van der Waals surface area contributed by atoms with Gasteiger partial charge in [0.1, 0.15) is 11.5 Å². The lowest BCUT2D eigenvalue weighted by Gasteiger charge is -2.31. The first kappa shape index (κ1) is 24.6. The standard InChI is InChI=1S/C24H20ClF3N8O/c1-13(17-10-31-20(11-30-17)35-5-2-6-35)36-12-14(7-32-36)33-24(37)19-9-29-8-18(34-19)21-15(23(27)28)3-4-16(25)22(21)26/h3-4,7-13,23H,2,5-6H2,1H3,(H,33,37)/t13-/m1/s1. The van der Waals surface area contributed by atoms with Crippen molar-refractivity contribution in [2.45, 2.75) is 25.8 Å². The fourth-order valence-corrected chi connectivity index (χ4v) is 3.96. The molecule has 1 aliphatic heterocycles. The topological polar surface area (TPSA) is 102 Å². The summed E-state index contributed by atoms with van der Waals surface area (Å²) in [4.78, 5) is 31.8. The van der Waals surface area contributed by atoms with E-state index in [0.717, 1.165) is 49.9 Å². The number of rotatable bonds is 7. The zero-order valence-corrected chi connectivity index (χ0v) is 20.2. The first-order chi connectivity index (χ1) is 17.8. The van der Waals surface area contributed by atoms with E-state index in [2.05, 4.69) is 35.3 Å². The van der Waals surface area contributed by atoms with E-state index in [1.54, 1.807) is 23.3 Å². The van der Waals surface area contributed by atoms with Crippen molar-refractivity contribution in [1.29, 1.82) is 0 Å². The number of hydrogen-bond acceptors (Lipinski definition) is 7. The minimum absolute atomic E-state index is 0.203. The lowest BCUT2D eigenvalue weighted by Crippen LogP contribution is -2.37. The lowest BCUT2D eigenvalue weighted by atomic mass is 10.0. The fourth-order valence-electron chi connectivity index (χ4n) is 3.80. The summed E-state index contributed by atoms with van der Waals surface area (Å²) in [6.07, 6.45) is 6.87. The molecule has 0 saturated carbocycles. The van der Waals surface area contributed by atoms with E-state index in [-0.39, 0.29) is 22.5 Å². The molecule has 0 spiro atoms. The van der Waals surface area contributed by atoms with E-state index >= 15 is 0 Å². The van der Waals surface area contributed by atoms with Crippen LogP contribution in [0.5, 0.6) is 0 Å². The zero-order valence-electron chi connectivity index (χ0n) is 19.4. The van der Waals surface area contributed by atoms with Gasteiger partial charge in [0.2, 0.25) is 0 Å². The molecule has 1 atom stereocenters. The van der Waals surface area contributed by atoms with Gasteiger partial charge in [0.25, 0.3) is 12.3 Å². The molecule has 0 unspecified atom stereocenters. The monoisotopic (exact) mass is 528 g/mol. The van der Waals surface area contributed by atoms with Crippen molar-refractivity contribution in [3.05, 3.63) is 77.1 Å². The predicted octanol–water partition coefficient (Wildman–Crippen LogP) is 4.93. The first-order valence-electron chi connectivity index (χ1n) is 11.3. The molecule has 1 amide bonds. The summed E-state index contributed by atoms with van der Waals surface area (Å²) in [6.45, 7) is 3.84. The molecule has 3 aromatic heterocycles. The molecule has 1 N–H and O–H groups in total. The average Bonchev–Trinajstić information content (AvgIpc) is 3.33. The van der Waals surface area contributed by atoms with Gasteiger partial charge >= 0.3 is 0 Å². The second kappa shape index (κ2) is 10.1. The van der Waals surface area contributed by atoms with Gasteiger partial charge < -0.3 is 10.2 Å². The second-order valence-corrected chi connectivity index (χ2v) is 8.80. The highest BCUT2D eigenvalue weighted by Gasteiger charge is 2.23. The first-order valence-corrected chi connectivity index (χ1v) is 11.7. The number of halogens is 4. The van der Waals surface area contributed by atoms with Crippen molar-refractivity contribution in [2.24, 2.45) is 0 Å². The molecule has 0 radical (unpaired) electrons. The maximum absolute atomic E-state index is 14.6. The third-order valence-electron chi connectivity index (χ3n) is 6.01. The second-order valence-electron chi connectivity index (χ2n) is 8.40. The molecule has 0 aliphatic carbocycles. The van der Waals surface area contributed by atoms with E-state index < -0.39 is 29.3 Å². The molecule has 4 aromatic rings. The largest absolute Gasteiger partial charge is 0.355 e. The highest BCUT2D eigenvalue weighted by atomic mass is 35.5. The third kappa shape index (κ3) is 4.96. The number of carbonyl (C=O) groups excluding carboxylic acids is 1. The number of alkyl halides is 2. The van der Waals surface area contributed by atoms with Gasteiger partial charge in [-0.15, -0.1) is 0 Å². The van der Waals surface area contributed by atoms with E-state index in [0.29, 0.717) is 11.4 Å². The molecular weight excluding hydrogens is 509 g/mol. The molecule has 1 saturated heterocycles. The Morgan fingerprint density at radius 1 is 1.11 bits per heavy atom. The maximum atomic E-state index is 14.6. The van der Waals surface area contributed by atoms with Crippen LogP contribution in [-0.4, -0.2) is 48.7 Å². The third-order valence-corrected chi connectivity index (χ3v) is 6.30. The van der Waals surface area contributed by atoms with Crippen LogP contribution in [0.3, 0.4) is 0 Å². The number of carbonyl (C=O) groups is 1. The van der Waals surface area contributed by atoms with E-state index in [1.165, 1.54) is 6.20 Å². The summed E-state index contributed by atoms with van der Waals surface area (Å²) < 4.78 is 43.2. The van der Waals surface area contributed by atoms with Crippen LogP contribution in [0.25, 0.3) is 11.3 Å². The van der Waals surface area contributed by atoms with Crippen molar-refractivity contribution in [1.82, 2.24) is 29.7 Å². The number of hydrogen-bond donors (Lipinski definition) is 1. The molecule has 9 nitrogen and oxygen atoms in total. The number of aromatic nitrogens is 6. The van der Waals surface area contributed by atoms with Gasteiger partial charge in [-0.2, -0.15) is 5.10 Å². The molecule has 1 aliphatic rings. The maximum Gasteiger partial charge on any atom is 0.275 e. The van der Waals surface area contributed by atoms with Crippen LogP contribution in [0.2, 0.25) is 5.02 Å². The van der Waals surface area contributed by atoms with Crippen LogP contribution in [0.15, 0.2) is 49.3 Å². The van der Waals surface area contributed by atoms with Gasteiger partial charge in [-0.1, -0.05) is 17.7 Å². The Bertz CT molecular complexity index is 1440. The summed E-state index contributed by atoms with van der Waals surface area (Å²) in [5, 5.41) is 6.56. The van der Waals surface area contributed by atoms with Crippen molar-refractivity contribution in [3.8, 4) is 11.3 Å². The number of amides is 1. The quantitative estimate of drug-likeness (QED) is 0.363. The Morgan fingerprint density at radius 3 is 2.59 bits per heavy atom. The van der Waals surface area contributed by atoms with Crippen LogP contribution >= 0.6 is 11.6 Å².